The molecule has 0 saturated heterocycles. The number of halogens is 1. The summed E-state index contributed by atoms with van der Waals surface area (Å²) in [7, 11) is -3.37. The second kappa shape index (κ2) is 5.35. The molecule has 0 radical (unpaired) electrons. The van der Waals surface area contributed by atoms with Gasteiger partial charge in [-0.1, -0.05) is 34.1 Å². The third kappa shape index (κ3) is 3.36. The molecule has 0 heterocycles. The molecule has 0 saturated carbocycles. The molecule has 0 amide bonds. The van der Waals surface area contributed by atoms with Crippen molar-refractivity contribution in [2.75, 3.05) is 5.73 Å². The van der Waals surface area contributed by atoms with Crippen LogP contribution in [-0.4, -0.2) is 8.42 Å². The molecule has 0 bridgehead atoms. The van der Waals surface area contributed by atoms with Crippen molar-refractivity contribution in [3.8, 4) is 0 Å². The zero-order valence-corrected chi connectivity index (χ0v) is 12.8. The fourth-order valence-corrected chi connectivity index (χ4v) is 3.75. The molecule has 0 atom stereocenters. The first-order valence-corrected chi connectivity index (χ1v) is 8.16. The predicted molar refractivity (Wildman–Crippen MR) is 80.6 cm³/mol. The number of sulfone groups is 1. The van der Waals surface area contributed by atoms with Crippen LogP contribution in [0.15, 0.2) is 51.8 Å². The van der Waals surface area contributed by atoms with Crippen molar-refractivity contribution in [1.82, 2.24) is 0 Å². The van der Waals surface area contributed by atoms with Crippen LogP contribution in [0, 0.1) is 6.92 Å². The van der Waals surface area contributed by atoms with Gasteiger partial charge in [0.05, 0.1) is 10.6 Å². The van der Waals surface area contributed by atoms with E-state index in [4.69, 9.17) is 5.73 Å². The first kappa shape index (κ1) is 14.1. The average molecular weight is 340 g/mol. The highest BCUT2D eigenvalue weighted by atomic mass is 79.9. The molecule has 5 heteroatoms. The van der Waals surface area contributed by atoms with Crippen molar-refractivity contribution in [2.24, 2.45) is 0 Å². The highest BCUT2D eigenvalue weighted by Crippen LogP contribution is 2.23. The van der Waals surface area contributed by atoms with Crippen molar-refractivity contribution >= 4 is 31.5 Å². The van der Waals surface area contributed by atoms with Crippen LogP contribution in [0.2, 0.25) is 0 Å². The maximum absolute atomic E-state index is 12.4. The number of nitrogens with two attached hydrogens (primary N) is 1. The first-order valence-electron chi connectivity index (χ1n) is 5.72. The number of rotatable bonds is 3. The Balaban J connectivity index is 2.37. The fraction of sp³-hybridized carbons (Fsp3) is 0.143. The van der Waals surface area contributed by atoms with E-state index < -0.39 is 9.84 Å². The van der Waals surface area contributed by atoms with Gasteiger partial charge in [-0.25, -0.2) is 8.42 Å². The molecular formula is C14H14BrNO2S. The van der Waals surface area contributed by atoms with Crippen LogP contribution in [0.4, 0.5) is 5.69 Å². The standard InChI is InChI=1S/C14H14BrNO2S/c1-10-2-7-13(16)8-14(10)19(17,18)9-11-3-5-12(15)6-4-11/h2-8H,9,16H2,1H3. The first-order chi connectivity index (χ1) is 8.88. The SMILES string of the molecule is Cc1ccc(N)cc1S(=O)(=O)Cc1ccc(Br)cc1. The lowest BCUT2D eigenvalue weighted by molar-refractivity contribution is 0.594. The van der Waals surface area contributed by atoms with Crippen molar-refractivity contribution in [2.45, 2.75) is 17.6 Å². The third-order valence-corrected chi connectivity index (χ3v) is 5.17. The number of anilines is 1. The van der Waals surface area contributed by atoms with Crippen LogP contribution in [-0.2, 0) is 15.6 Å². The van der Waals surface area contributed by atoms with Crippen molar-refractivity contribution < 1.29 is 8.42 Å². The van der Waals surface area contributed by atoms with Gasteiger partial charge in [0.25, 0.3) is 0 Å². The summed E-state index contributed by atoms with van der Waals surface area (Å²) in [6.07, 6.45) is 0. The van der Waals surface area contributed by atoms with E-state index in [1.54, 1.807) is 31.2 Å². The normalized spacial score (nSPS) is 11.5. The molecule has 3 nitrogen and oxygen atoms in total. The molecule has 100 valence electrons. The minimum absolute atomic E-state index is 0.0232. The van der Waals surface area contributed by atoms with E-state index in [2.05, 4.69) is 15.9 Å². The third-order valence-electron chi connectivity index (χ3n) is 2.82. The number of aryl methyl sites for hydroxylation is 1. The molecule has 0 aliphatic heterocycles. The molecule has 2 rings (SSSR count). The maximum Gasteiger partial charge on any atom is 0.182 e. The highest BCUT2D eigenvalue weighted by Gasteiger charge is 2.18. The van der Waals surface area contributed by atoms with Gasteiger partial charge in [-0.3, -0.25) is 0 Å². The molecule has 0 aliphatic rings. The maximum atomic E-state index is 12.4. The van der Waals surface area contributed by atoms with Crippen LogP contribution in [0.5, 0.6) is 0 Å². The van der Waals surface area contributed by atoms with Gasteiger partial charge in [0.1, 0.15) is 0 Å². The molecular weight excluding hydrogens is 326 g/mol. The number of hydrogen-bond acceptors (Lipinski definition) is 3. The summed E-state index contributed by atoms with van der Waals surface area (Å²) in [6, 6.07) is 12.2. The monoisotopic (exact) mass is 339 g/mol. The van der Waals surface area contributed by atoms with Crippen molar-refractivity contribution in [1.29, 1.82) is 0 Å². The summed E-state index contributed by atoms with van der Waals surface area (Å²) in [5.41, 5.74) is 7.59. The van der Waals surface area contributed by atoms with E-state index in [1.807, 2.05) is 12.1 Å². The van der Waals surface area contributed by atoms with E-state index in [0.29, 0.717) is 16.1 Å². The molecule has 2 aromatic rings. The van der Waals surface area contributed by atoms with Gasteiger partial charge in [0.2, 0.25) is 0 Å². The minimum Gasteiger partial charge on any atom is -0.399 e. The second-order valence-corrected chi connectivity index (χ2v) is 7.28. The number of nitrogen functional groups attached to an aromatic ring is 1. The quantitative estimate of drug-likeness (QED) is 0.872. The van der Waals surface area contributed by atoms with Gasteiger partial charge in [-0.05, 0) is 42.3 Å². The van der Waals surface area contributed by atoms with Crippen LogP contribution in [0.3, 0.4) is 0 Å². The second-order valence-electron chi connectivity index (χ2n) is 4.41. The van der Waals surface area contributed by atoms with Crippen molar-refractivity contribution in [3.63, 3.8) is 0 Å². The number of hydrogen-bond donors (Lipinski definition) is 1. The summed E-state index contributed by atoms with van der Waals surface area (Å²) in [5, 5.41) is 0. The Morgan fingerprint density at radius 1 is 1.11 bits per heavy atom. The lowest BCUT2D eigenvalue weighted by atomic mass is 10.2. The lowest BCUT2D eigenvalue weighted by Gasteiger charge is -2.09. The van der Waals surface area contributed by atoms with Gasteiger partial charge >= 0.3 is 0 Å². The Hall–Kier alpha value is -1.33. The molecule has 0 unspecified atom stereocenters. The fourth-order valence-electron chi connectivity index (χ4n) is 1.83. The van der Waals surface area contributed by atoms with Crippen LogP contribution < -0.4 is 5.73 Å². The zero-order chi connectivity index (χ0) is 14.0. The Kier molecular flexibility index (Phi) is 3.96. The number of benzene rings is 2. The highest BCUT2D eigenvalue weighted by molar-refractivity contribution is 9.10. The summed E-state index contributed by atoms with van der Waals surface area (Å²) in [6.45, 7) is 1.77. The summed E-state index contributed by atoms with van der Waals surface area (Å²) >= 11 is 3.33. The lowest BCUT2D eigenvalue weighted by Crippen LogP contribution is -2.07. The van der Waals surface area contributed by atoms with E-state index in [9.17, 15) is 8.42 Å². The van der Waals surface area contributed by atoms with E-state index >= 15 is 0 Å². The predicted octanol–water partition coefficient (Wildman–Crippen LogP) is 3.31. The summed E-state index contributed by atoms with van der Waals surface area (Å²) < 4.78 is 25.7. The summed E-state index contributed by atoms with van der Waals surface area (Å²) in [5.74, 6) is -0.0232. The topological polar surface area (TPSA) is 60.2 Å². The van der Waals surface area contributed by atoms with Crippen LogP contribution in [0.25, 0.3) is 0 Å². The molecule has 0 fully saturated rings. The molecule has 0 spiro atoms. The Bertz CT molecular complexity index is 694. The minimum atomic E-state index is -3.37. The van der Waals surface area contributed by atoms with E-state index in [1.165, 1.54) is 6.07 Å². The van der Waals surface area contributed by atoms with Crippen LogP contribution >= 0.6 is 15.9 Å². The van der Waals surface area contributed by atoms with Gasteiger partial charge in [0.15, 0.2) is 9.84 Å². The zero-order valence-electron chi connectivity index (χ0n) is 10.4. The van der Waals surface area contributed by atoms with Crippen molar-refractivity contribution in [3.05, 3.63) is 58.1 Å². The smallest absolute Gasteiger partial charge is 0.182 e. The molecule has 2 aromatic carbocycles. The average Bonchev–Trinajstić information content (AvgIpc) is 2.35. The van der Waals surface area contributed by atoms with Gasteiger partial charge in [0, 0.05) is 10.2 Å². The van der Waals surface area contributed by atoms with Gasteiger partial charge in [-0.15, -0.1) is 0 Å². The summed E-state index contributed by atoms with van der Waals surface area (Å²) in [4.78, 5) is 0.301. The molecule has 0 aliphatic carbocycles. The van der Waals surface area contributed by atoms with Crippen LogP contribution in [0.1, 0.15) is 11.1 Å². The largest absolute Gasteiger partial charge is 0.399 e. The Labute approximate surface area is 121 Å². The van der Waals surface area contributed by atoms with E-state index in [0.717, 1.165) is 10.0 Å². The van der Waals surface area contributed by atoms with E-state index in [-0.39, 0.29) is 5.75 Å². The molecule has 2 N–H and O–H groups in total. The Morgan fingerprint density at radius 2 is 1.74 bits per heavy atom. The molecule has 19 heavy (non-hydrogen) atoms. The van der Waals surface area contributed by atoms with Gasteiger partial charge in [-0.2, -0.15) is 0 Å². The Morgan fingerprint density at radius 3 is 2.37 bits per heavy atom. The van der Waals surface area contributed by atoms with Gasteiger partial charge < -0.3 is 5.73 Å². The molecule has 0 aromatic heterocycles.